The van der Waals surface area contributed by atoms with Crippen LogP contribution in [0.4, 0.5) is 0 Å². The van der Waals surface area contributed by atoms with Crippen LogP contribution in [0.5, 0.6) is 0 Å². The molecule has 1 amide bonds. The molecule has 0 bridgehead atoms. The van der Waals surface area contributed by atoms with Crippen molar-refractivity contribution in [3.63, 3.8) is 0 Å². The summed E-state index contributed by atoms with van der Waals surface area (Å²) in [6, 6.07) is 8.45. The van der Waals surface area contributed by atoms with Crippen LogP contribution in [0.2, 0.25) is 0 Å². The van der Waals surface area contributed by atoms with Crippen LogP contribution >= 0.6 is 12.4 Å². The molecule has 0 radical (unpaired) electrons. The first-order valence-electron chi connectivity index (χ1n) is 5.38. The standard InChI is InChI=1S/C12H16N2O.ClH/c13-8-12(15)14-11-7-3-5-9-4-1-2-6-10(9)11;/h1-2,4,6,11H,3,5,7-8,13H2,(H,14,15);1H. The van der Waals surface area contributed by atoms with E-state index in [1.54, 1.807) is 0 Å². The van der Waals surface area contributed by atoms with Gasteiger partial charge in [0.25, 0.3) is 0 Å². The largest absolute Gasteiger partial charge is 0.348 e. The quantitative estimate of drug-likeness (QED) is 0.825. The zero-order valence-electron chi connectivity index (χ0n) is 9.11. The highest BCUT2D eigenvalue weighted by molar-refractivity contribution is 5.85. The van der Waals surface area contributed by atoms with E-state index in [4.69, 9.17) is 5.73 Å². The Bertz CT molecular complexity index is 368. The third-order valence-electron chi connectivity index (χ3n) is 2.89. The number of hydrogen-bond donors (Lipinski definition) is 2. The summed E-state index contributed by atoms with van der Waals surface area (Å²) >= 11 is 0. The summed E-state index contributed by atoms with van der Waals surface area (Å²) in [4.78, 5) is 11.3. The van der Waals surface area contributed by atoms with Gasteiger partial charge in [0.15, 0.2) is 0 Å². The molecule has 1 aromatic carbocycles. The van der Waals surface area contributed by atoms with E-state index in [1.807, 2.05) is 12.1 Å². The molecule has 1 aliphatic rings. The number of aryl methyl sites for hydroxylation is 1. The highest BCUT2D eigenvalue weighted by Gasteiger charge is 2.20. The molecule has 1 atom stereocenters. The molecule has 0 aromatic heterocycles. The number of rotatable bonds is 2. The van der Waals surface area contributed by atoms with Gasteiger partial charge in [0, 0.05) is 0 Å². The Morgan fingerprint density at radius 3 is 2.94 bits per heavy atom. The summed E-state index contributed by atoms with van der Waals surface area (Å²) in [6.45, 7) is 0.0681. The highest BCUT2D eigenvalue weighted by atomic mass is 35.5. The number of nitrogens with two attached hydrogens (primary N) is 1. The molecule has 88 valence electrons. The fourth-order valence-corrected chi connectivity index (χ4v) is 2.16. The molecule has 3 N–H and O–H groups in total. The van der Waals surface area contributed by atoms with E-state index in [1.165, 1.54) is 11.1 Å². The molecule has 16 heavy (non-hydrogen) atoms. The summed E-state index contributed by atoms with van der Waals surface area (Å²) in [5.41, 5.74) is 7.91. The molecule has 0 saturated heterocycles. The Labute approximate surface area is 102 Å². The van der Waals surface area contributed by atoms with Gasteiger partial charge in [-0.1, -0.05) is 24.3 Å². The molecule has 4 heteroatoms. The van der Waals surface area contributed by atoms with Gasteiger partial charge in [0.1, 0.15) is 0 Å². The van der Waals surface area contributed by atoms with Crippen LogP contribution in [-0.4, -0.2) is 12.5 Å². The predicted octanol–water partition coefficient (Wildman–Crippen LogP) is 1.56. The van der Waals surface area contributed by atoms with E-state index in [2.05, 4.69) is 17.4 Å². The first-order valence-corrected chi connectivity index (χ1v) is 5.38. The molecule has 0 spiro atoms. The average Bonchev–Trinajstić information content (AvgIpc) is 2.29. The number of nitrogens with one attached hydrogen (secondary N) is 1. The van der Waals surface area contributed by atoms with Crippen LogP contribution in [0.1, 0.15) is 30.0 Å². The van der Waals surface area contributed by atoms with Crippen molar-refractivity contribution in [3.05, 3.63) is 35.4 Å². The van der Waals surface area contributed by atoms with Gasteiger partial charge in [-0.2, -0.15) is 0 Å². The molecule has 0 fully saturated rings. The van der Waals surface area contributed by atoms with E-state index in [9.17, 15) is 4.79 Å². The number of halogens is 1. The Balaban J connectivity index is 0.00000128. The van der Waals surface area contributed by atoms with E-state index >= 15 is 0 Å². The number of amides is 1. The molecule has 1 aromatic rings. The molecule has 0 saturated carbocycles. The molecule has 2 rings (SSSR count). The monoisotopic (exact) mass is 240 g/mol. The zero-order chi connectivity index (χ0) is 10.7. The number of hydrogen-bond acceptors (Lipinski definition) is 2. The lowest BCUT2D eigenvalue weighted by Crippen LogP contribution is -2.35. The number of benzene rings is 1. The fourth-order valence-electron chi connectivity index (χ4n) is 2.16. The average molecular weight is 241 g/mol. The number of fused-ring (bicyclic) bond motifs is 1. The van der Waals surface area contributed by atoms with Gasteiger partial charge in [0.2, 0.25) is 5.91 Å². The summed E-state index contributed by atoms with van der Waals surface area (Å²) in [5.74, 6) is -0.0725. The summed E-state index contributed by atoms with van der Waals surface area (Å²) < 4.78 is 0. The van der Waals surface area contributed by atoms with E-state index < -0.39 is 0 Å². The first kappa shape index (κ1) is 13.0. The van der Waals surface area contributed by atoms with Crippen molar-refractivity contribution in [1.82, 2.24) is 5.32 Å². The van der Waals surface area contributed by atoms with Crippen molar-refractivity contribution in [1.29, 1.82) is 0 Å². The summed E-state index contributed by atoms with van der Waals surface area (Å²) in [5, 5.41) is 2.96. The van der Waals surface area contributed by atoms with E-state index in [-0.39, 0.29) is 30.9 Å². The van der Waals surface area contributed by atoms with Crippen LogP contribution in [0.3, 0.4) is 0 Å². The second-order valence-corrected chi connectivity index (χ2v) is 3.92. The topological polar surface area (TPSA) is 55.1 Å². The molecule has 1 unspecified atom stereocenters. The molecular weight excluding hydrogens is 224 g/mol. The maximum Gasteiger partial charge on any atom is 0.234 e. The third kappa shape index (κ3) is 2.74. The lowest BCUT2D eigenvalue weighted by molar-refractivity contribution is -0.120. The maximum atomic E-state index is 11.3. The van der Waals surface area contributed by atoms with Crippen LogP contribution < -0.4 is 11.1 Å². The molecule has 0 heterocycles. The molecule has 0 aliphatic heterocycles. The molecule has 1 aliphatic carbocycles. The molecular formula is C12H17ClN2O. The van der Waals surface area contributed by atoms with Crippen molar-refractivity contribution in [2.45, 2.75) is 25.3 Å². The maximum absolute atomic E-state index is 11.3. The number of carbonyl (C=O) groups excluding carboxylic acids is 1. The lowest BCUT2D eigenvalue weighted by atomic mass is 9.88. The van der Waals surface area contributed by atoms with E-state index in [0.717, 1.165) is 19.3 Å². The van der Waals surface area contributed by atoms with Crippen molar-refractivity contribution < 1.29 is 4.79 Å². The Hall–Kier alpha value is -1.06. The van der Waals surface area contributed by atoms with Crippen molar-refractivity contribution in [3.8, 4) is 0 Å². The summed E-state index contributed by atoms with van der Waals surface area (Å²) in [6.07, 6.45) is 3.26. The second kappa shape index (κ2) is 5.87. The zero-order valence-corrected chi connectivity index (χ0v) is 9.93. The van der Waals surface area contributed by atoms with Crippen LogP contribution in [0, 0.1) is 0 Å². The molecule has 3 nitrogen and oxygen atoms in total. The minimum absolute atomic E-state index is 0. The van der Waals surface area contributed by atoms with Crippen molar-refractivity contribution in [2.24, 2.45) is 5.73 Å². The highest BCUT2D eigenvalue weighted by Crippen LogP contribution is 2.29. The Morgan fingerprint density at radius 2 is 2.19 bits per heavy atom. The summed E-state index contributed by atoms with van der Waals surface area (Å²) in [7, 11) is 0. The van der Waals surface area contributed by atoms with Gasteiger partial charge in [-0.15, -0.1) is 12.4 Å². The van der Waals surface area contributed by atoms with Crippen LogP contribution in [0.15, 0.2) is 24.3 Å². The third-order valence-corrected chi connectivity index (χ3v) is 2.89. The predicted molar refractivity (Wildman–Crippen MR) is 66.6 cm³/mol. The minimum atomic E-state index is -0.0725. The number of carbonyl (C=O) groups is 1. The van der Waals surface area contributed by atoms with Gasteiger partial charge in [-0.3, -0.25) is 4.79 Å². The SMILES string of the molecule is Cl.NCC(=O)NC1CCCc2ccccc21. The second-order valence-electron chi connectivity index (χ2n) is 3.92. The van der Waals surface area contributed by atoms with Gasteiger partial charge in [-0.05, 0) is 30.4 Å². The first-order chi connectivity index (χ1) is 7.31. The van der Waals surface area contributed by atoms with Gasteiger partial charge < -0.3 is 11.1 Å². The van der Waals surface area contributed by atoms with E-state index in [0.29, 0.717) is 0 Å². The van der Waals surface area contributed by atoms with Crippen LogP contribution in [0.25, 0.3) is 0 Å². The van der Waals surface area contributed by atoms with Crippen molar-refractivity contribution >= 4 is 18.3 Å². The lowest BCUT2D eigenvalue weighted by Gasteiger charge is -2.26. The normalized spacial score (nSPS) is 18.2. The van der Waals surface area contributed by atoms with Gasteiger partial charge in [-0.25, -0.2) is 0 Å². The minimum Gasteiger partial charge on any atom is -0.348 e. The Kier molecular flexibility index (Phi) is 4.77. The Morgan fingerprint density at radius 1 is 1.44 bits per heavy atom. The van der Waals surface area contributed by atoms with Crippen LogP contribution in [-0.2, 0) is 11.2 Å². The smallest absolute Gasteiger partial charge is 0.234 e. The van der Waals surface area contributed by atoms with Crippen molar-refractivity contribution in [2.75, 3.05) is 6.54 Å². The van der Waals surface area contributed by atoms with Gasteiger partial charge >= 0.3 is 0 Å². The fraction of sp³-hybridized carbons (Fsp3) is 0.417. The van der Waals surface area contributed by atoms with Gasteiger partial charge in [0.05, 0.1) is 12.6 Å².